The van der Waals surface area contributed by atoms with Gasteiger partial charge in [0.2, 0.25) is 0 Å². The van der Waals surface area contributed by atoms with Crippen LogP contribution in [-0.2, 0) is 4.79 Å². The first-order valence-corrected chi connectivity index (χ1v) is 9.36. The van der Waals surface area contributed by atoms with E-state index in [1.54, 1.807) is 43.5 Å². The van der Waals surface area contributed by atoms with E-state index in [0.29, 0.717) is 33.9 Å². The molecule has 1 heterocycles. The van der Waals surface area contributed by atoms with Crippen molar-refractivity contribution in [2.45, 2.75) is 0 Å². The van der Waals surface area contributed by atoms with E-state index in [1.165, 1.54) is 23.9 Å². The Kier molecular flexibility index (Phi) is 6.36. The molecule has 1 saturated heterocycles. The SMILES string of the molecule is C=CCOc1ccc(C=C2SC(=Nc3ccc(C(=O)O)cc3)NC2=O)cc1OC. The van der Waals surface area contributed by atoms with Gasteiger partial charge in [-0.3, -0.25) is 4.79 Å². The van der Waals surface area contributed by atoms with E-state index < -0.39 is 5.97 Å². The van der Waals surface area contributed by atoms with E-state index >= 15 is 0 Å². The highest BCUT2D eigenvalue weighted by Crippen LogP contribution is 2.32. The van der Waals surface area contributed by atoms with Gasteiger partial charge in [-0.05, 0) is 59.8 Å². The van der Waals surface area contributed by atoms with Crippen molar-refractivity contribution >= 4 is 40.6 Å². The van der Waals surface area contributed by atoms with Gasteiger partial charge < -0.3 is 19.9 Å². The molecule has 1 aliphatic heterocycles. The smallest absolute Gasteiger partial charge is 0.335 e. The van der Waals surface area contributed by atoms with Crippen molar-refractivity contribution in [3.05, 3.63) is 71.2 Å². The molecule has 0 aromatic heterocycles. The molecule has 29 heavy (non-hydrogen) atoms. The summed E-state index contributed by atoms with van der Waals surface area (Å²) in [6.45, 7) is 3.98. The fourth-order valence-electron chi connectivity index (χ4n) is 2.47. The molecule has 0 radical (unpaired) electrons. The number of aromatic carboxylic acids is 1. The van der Waals surface area contributed by atoms with Crippen LogP contribution >= 0.6 is 11.8 Å². The standard InChI is InChI=1S/C21H18N2O5S/c1-3-10-28-16-9-4-13(11-17(16)27-2)12-18-19(24)23-21(29-18)22-15-7-5-14(6-8-15)20(25)26/h3-9,11-12H,1,10H2,2H3,(H,25,26)(H,22,23,24). The molecule has 1 fully saturated rings. The van der Waals surface area contributed by atoms with Gasteiger partial charge in [0.05, 0.1) is 23.3 Å². The van der Waals surface area contributed by atoms with Gasteiger partial charge in [-0.25, -0.2) is 9.79 Å². The van der Waals surface area contributed by atoms with Crippen LogP contribution in [0.25, 0.3) is 6.08 Å². The van der Waals surface area contributed by atoms with Crippen molar-refractivity contribution in [3.63, 3.8) is 0 Å². The minimum Gasteiger partial charge on any atom is -0.493 e. The molecule has 1 aliphatic rings. The molecule has 0 atom stereocenters. The summed E-state index contributed by atoms with van der Waals surface area (Å²) in [6.07, 6.45) is 3.38. The fraction of sp³-hybridized carbons (Fsp3) is 0.0952. The predicted molar refractivity (Wildman–Crippen MR) is 113 cm³/mol. The topological polar surface area (TPSA) is 97.2 Å². The number of nitrogens with zero attached hydrogens (tertiary/aromatic N) is 1. The number of benzene rings is 2. The summed E-state index contributed by atoms with van der Waals surface area (Å²) in [5.41, 5.74) is 1.49. The van der Waals surface area contributed by atoms with Crippen LogP contribution in [0.4, 0.5) is 5.69 Å². The molecule has 7 nitrogen and oxygen atoms in total. The van der Waals surface area contributed by atoms with Gasteiger partial charge in [0, 0.05) is 0 Å². The number of aliphatic imine (C=N–C) groups is 1. The minimum atomic E-state index is -1.01. The van der Waals surface area contributed by atoms with E-state index in [-0.39, 0.29) is 11.5 Å². The Hall–Kier alpha value is -3.52. The van der Waals surface area contributed by atoms with E-state index in [0.717, 1.165) is 5.56 Å². The summed E-state index contributed by atoms with van der Waals surface area (Å²) >= 11 is 1.20. The van der Waals surface area contributed by atoms with Crippen molar-refractivity contribution in [3.8, 4) is 11.5 Å². The lowest BCUT2D eigenvalue weighted by molar-refractivity contribution is -0.115. The van der Waals surface area contributed by atoms with Gasteiger partial charge >= 0.3 is 5.97 Å². The number of rotatable bonds is 7. The molecular formula is C21H18N2O5S. The van der Waals surface area contributed by atoms with Crippen molar-refractivity contribution in [2.24, 2.45) is 4.99 Å². The molecule has 0 spiro atoms. The maximum atomic E-state index is 12.3. The monoisotopic (exact) mass is 410 g/mol. The second-order valence-corrected chi connectivity index (χ2v) is 6.87. The van der Waals surface area contributed by atoms with Crippen LogP contribution in [0.3, 0.4) is 0 Å². The molecule has 8 heteroatoms. The molecule has 0 unspecified atom stereocenters. The van der Waals surface area contributed by atoms with Gasteiger partial charge in [0.1, 0.15) is 6.61 Å². The third kappa shape index (κ3) is 5.05. The first-order valence-electron chi connectivity index (χ1n) is 8.55. The largest absolute Gasteiger partial charge is 0.493 e. The van der Waals surface area contributed by atoms with Crippen molar-refractivity contribution in [1.29, 1.82) is 0 Å². The average molecular weight is 410 g/mol. The van der Waals surface area contributed by atoms with Crippen LogP contribution in [0, 0.1) is 0 Å². The molecule has 0 saturated carbocycles. The van der Waals surface area contributed by atoms with Gasteiger partial charge in [-0.15, -0.1) is 0 Å². The van der Waals surface area contributed by atoms with Crippen LogP contribution in [-0.4, -0.2) is 35.9 Å². The Labute approximate surface area is 171 Å². The van der Waals surface area contributed by atoms with E-state index in [4.69, 9.17) is 14.6 Å². The summed E-state index contributed by atoms with van der Waals surface area (Å²) in [6, 6.07) is 11.5. The maximum Gasteiger partial charge on any atom is 0.335 e. The van der Waals surface area contributed by atoms with Crippen molar-refractivity contribution in [1.82, 2.24) is 5.32 Å². The number of carbonyl (C=O) groups excluding carboxylic acids is 1. The third-order valence-electron chi connectivity index (χ3n) is 3.84. The zero-order chi connectivity index (χ0) is 20.8. The van der Waals surface area contributed by atoms with Crippen LogP contribution in [0.5, 0.6) is 11.5 Å². The zero-order valence-corrected chi connectivity index (χ0v) is 16.4. The normalized spacial score (nSPS) is 16.0. The maximum absolute atomic E-state index is 12.3. The summed E-state index contributed by atoms with van der Waals surface area (Å²) in [7, 11) is 1.55. The Morgan fingerprint density at radius 1 is 1.24 bits per heavy atom. The van der Waals surface area contributed by atoms with Crippen LogP contribution in [0.15, 0.2) is 65.0 Å². The number of amidine groups is 1. The van der Waals surface area contributed by atoms with Crippen LogP contribution in [0.2, 0.25) is 0 Å². The Morgan fingerprint density at radius 2 is 2.00 bits per heavy atom. The van der Waals surface area contributed by atoms with Gasteiger partial charge in [0.25, 0.3) is 5.91 Å². The summed E-state index contributed by atoms with van der Waals surface area (Å²) in [4.78, 5) is 28.0. The Balaban J connectivity index is 1.78. The Morgan fingerprint density at radius 3 is 2.66 bits per heavy atom. The van der Waals surface area contributed by atoms with E-state index in [1.807, 2.05) is 6.07 Å². The number of ether oxygens (including phenoxy) is 2. The number of carboxylic acid groups (broad SMARTS) is 1. The molecule has 1 amide bonds. The second-order valence-electron chi connectivity index (χ2n) is 5.84. The van der Waals surface area contributed by atoms with Crippen molar-refractivity contribution < 1.29 is 24.2 Å². The molecular weight excluding hydrogens is 392 g/mol. The number of thioether (sulfide) groups is 1. The summed E-state index contributed by atoms with van der Waals surface area (Å²) in [5, 5.41) is 12.1. The van der Waals surface area contributed by atoms with Gasteiger partial charge in [-0.2, -0.15) is 0 Å². The summed E-state index contributed by atoms with van der Waals surface area (Å²) in [5.74, 6) is -0.127. The first kappa shape index (κ1) is 20.2. The third-order valence-corrected chi connectivity index (χ3v) is 4.75. The van der Waals surface area contributed by atoms with Gasteiger partial charge in [0.15, 0.2) is 16.7 Å². The lowest BCUT2D eigenvalue weighted by Gasteiger charge is -2.09. The summed E-state index contributed by atoms with van der Waals surface area (Å²) < 4.78 is 10.9. The molecule has 3 rings (SSSR count). The molecule has 0 bridgehead atoms. The molecule has 2 aromatic carbocycles. The number of hydrogen-bond donors (Lipinski definition) is 2. The molecule has 148 valence electrons. The number of hydrogen-bond acceptors (Lipinski definition) is 6. The first-order chi connectivity index (χ1) is 14.0. The van der Waals surface area contributed by atoms with E-state index in [9.17, 15) is 9.59 Å². The molecule has 2 N–H and O–H groups in total. The number of amides is 1. The number of carboxylic acids is 1. The number of carbonyl (C=O) groups is 2. The number of methoxy groups -OCH3 is 1. The lowest BCUT2D eigenvalue weighted by atomic mass is 10.2. The molecule has 0 aliphatic carbocycles. The highest BCUT2D eigenvalue weighted by atomic mass is 32.2. The number of nitrogens with one attached hydrogen (secondary N) is 1. The van der Waals surface area contributed by atoms with Gasteiger partial charge in [-0.1, -0.05) is 18.7 Å². The van der Waals surface area contributed by atoms with E-state index in [2.05, 4.69) is 16.9 Å². The lowest BCUT2D eigenvalue weighted by Crippen LogP contribution is -2.19. The second kappa shape index (κ2) is 9.11. The quantitative estimate of drug-likeness (QED) is 0.532. The highest BCUT2D eigenvalue weighted by Gasteiger charge is 2.24. The minimum absolute atomic E-state index is 0.173. The molecule has 2 aromatic rings. The fourth-order valence-corrected chi connectivity index (χ4v) is 3.31. The van der Waals surface area contributed by atoms with Crippen LogP contribution < -0.4 is 14.8 Å². The zero-order valence-electron chi connectivity index (χ0n) is 15.5. The average Bonchev–Trinajstić information content (AvgIpc) is 3.05. The predicted octanol–water partition coefficient (Wildman–Crippen LogP) is 3.85. The van der Waals surface area contributed by atoms with Crippen molar-refractivity contribution in [2.75, 3.05) is 13.7 Å². The Bertz CT molecular complexity index is 1010. The van der Waals surface area contributed by atoms with Crippen LogP contribution in [0.1, 0.15) is 15.9 Å². The highest BCUT2D eigenvalue weighted by molar-refractivity contribution is 8.18.